The van der Waals surface area contributed by atoms with Crippen LogP contribution >= 0.6 is 0 Å². The number of rotatable bonds is 4. The third-order valence-electron chi connectivity index (χ3n) is 1.90. The Morgan fingerprint density at radius 1 is 1.79 bits per heavy atom. The molecule has 0 aliphatic carbocycles. The summed E-state index contributed by atoms with van der Waals surface area (Å²) in [6, 6.07) is -0.0876. The molecule has 1 atom stereocenters. The largest absolute Gasteiger partial charge is 0.481 e. The fourth-order valence-electron chi connectivity index (χ4n) is 1.32. The summed E-state index contributed by atoms with van der Waals surface area (Å²) >= 11 is 0. The van der Waals surface area contributed by atoms with Gasteiger partial charge in [0.2, 0.25) is 0 Å². The zero-order valence-electron chi connectivity index (χ0n) is 8.61. The van der Waals surface area contributed by atoms with Crippen LogP contribution in [-0.2, 0) is 11.8 Å². The van der Waals surface area contributed by atoms with Crippen molar-refractivity contribution in [2.75, 3.05) is 5.32 Å². The average Bonchev–Trinajstić information content (AvgIpc) is 2.28. The Morgan fingerprint density at radius 3 is 2.86 bits per heavy atom. The van der Waals surface area contributed by atoms with Crippen LogP contribution in [0.15, 0.2) is 6.20 Å². The Morgan fingerprint density at radius 2 is 2.43 bits per heavy atom. The predicted molar refractivity (Wildman–Crippen MR) is 53.3 cm³/mol. The van der Waals surface area contributed by atoms with E-state index >= 15 is 0 Å². The van der Waals surface area contributed by atoms with Gasteiger partial charge in [0.15, 0.2) is 0 Å². The van der Waals surface area contributed by atoms with Crippen molar-refractivity contribution >= 4 is 11.7 Å². The van der Waals surface area contributed by atoms with E-state index in [1.807, 2.05) is 27.1 Å². The van der Waals surface area contributed by atoms with Crippen LogP contribution in [0.4, 0.5) is 5.69 Å². The van der Waals surface area contributed by atoms with Crippen molar-refractivity contribution < 1.29 is 9.90 Å². The summed E-state index contributed by atoms with van der Waals surface area (Å²) in [6.07, 6.45) is 1.95. The highest BCUT2D eigenvalue weighted by Gasteiger charge is 2.09. The lowest BCUT2D eigenvalue weighted by atomic mass is 10.2. The molecule has 5 heteroatoms. The quantitative estimate of drug-likeness (QED) is 0.755. The van der Waals surface area contributed by atoms with E-state index in [2.05, 4.69) is 10.4 Å². The maximum absolute atomic E-state index is 10.4. The van der Waals surface area contributed by atoms with Crippen molar-refractivity contribution in [1.82, 2.24) is 9.78 Å². The molecule has 0 amide bonds. The van der Waals surface area contributed by atoms with Crippen LogP contribution in [0.3, 0.4) is 0 Å². The Hall–Kier alpha value is -1.52. The molecule has 78 valence electrons. The van der Waals surface area contributed by atoms with Crippen molar-refractivity contribution in [3.63, 3.8) is 0 Å². The van der Waals surface area contributed by atoms with Gasteiger partial charge in [-0.05, 0) is 13.8 Å². The first-order valence-corrected chi connectivity index (χ1v) is 4.47. The molecule has 0 radical (unpaired) electrons. The summed E-state index contributed by atoms with van der Waals surface area (Å²) in [4.78, 5) is 10.4. The van der Waals surface area contributed by atoms with Gasteiger partial charge >= 0.3 is 5.97 Å². The third-order valence-corrected chi connectivity index (χ3v) is 1.90. The van der Waals surface area contributed by atoms with E-state index in [0.717, 1.165) is 11.4 Å². The highest BCUT2D eigenvalue weighted by Crippen LogP contribution is 2.13. The van der Waals surface area contributed by atoms with Crippen LogP contribution in [0.25, 0.3) is 0 Å². The zero-order valence-corrected chi connectivity index (χ0v) is 8.61. The standard InChI is InChI=1S/C9H15N3O2/c1-6(4-9(13)14)10-8-5-12(3)11-7(8)2/h5-6,10H,4H2,1-3H3,(H,13,14). The van der Waals surface area contributed by atoms with E-state index in [-0.39, 0.29) is 12.5 Å². The van der Waals surface area contributed by atoms with Crippen molar-refractivity contribution in [3.05, 3.63) is 11.9 Å². The Labute approximate surface area is 82.7 Å². The highest BCUT2D eigenvalue weighted by molar-refractivity contribution is 5.68. The smallest absolute Gasteiger partial charge is 0.305 e. The van der Waals surface area contributed by atoms with Crippen LogP contribution in [0, 0.1) is 6.92 Å². The van der Waals surface area contributed by atoms with Crippen LogP contribution in [0.5, 0.6) is 0 Å². The summed E-state index contributed by atoms with van der Waals surface area (Å²) < 4.78 is 1.70. The van der Waals surface area contributed by atoms with Gasteiger partial charge in [-0.2, -0.15) is 5.10 Å². The molecule has 0 saturated carbocycles. The first kappa shape index (κ1) is 10.6. The predicted octanol–water partition coefficient (Wildman–Crippen LogP) is 1.00. The summed E-state index contributed by atoms with van der Waals surface area (Å²) in [5, 5.41) is 15.8. The number of anilines is 1. The first-order valence-electron chi connectivity index (χ1n) is 4.47. The Kier molecular flexibility index (Phi) is 3.11. The van der Waals surface area contributed by atoms with Crippen LogP contribution < -0.4 is 5.32 Å². The van der Waals surface area contributed by atoms with Crippen LogP contribution in [-0.4, -0.2) is 26.9 Å². The number of aliphatic carboxylic acids is 1. The van der Waals surface area contributed by atoms with Gasteiger partial charge in [0.1, 0.15) is 0 Å². The minimum absolute atomic E-state index is 0.0876. The maximum atomic E-state index is 10.4. The van der Waals surface area contributed by atoms with Gasteiger partial charge in [0, 0.05) is 19.3 Å². The summed E-state index contributed by atoms with van der Waals surface area (Å²) in [6.45, 7) is 3.72. The molecule has 0 fully saturated rings. The molecular formula is C9H15N3O2. The molecule has 0 aliphatic rings. The van der Waals surface area contributed by atoms with Crippen LogP contribution in [0.2, 0.25) is 0 Å². The lowest BCUT2D eigenvalue weighted by Gasteiger charge is -2.11. The number of carboxylic acid groups (broad SMARTS) is 1. The van der Waals surface area contributed by atoms with Crippen molar-refractivity contribution in [1.29, 1.82) is 0 Å². The lowest BCUT2D eigenvalue weighted by Crippen LogP contribution is -2.19. The Balaban J connectivity index is 2.59. The van der Waals surface area contributed by atoms with E-state index in [1.165, 1.54) is 0 Å². The number of carboxylic acids is 1. The van der Waals surface area contributed by atoms with Crippen molar-refractivity contribution in [2.24, 2.45) is 7.05 Å². The van der Waals surface area contributed by atoms with Gasteiger partial charge in [0.25, 0.3) is 0 Å². The topological polar surface area (TPSA) is 67.2 Å². The number of nitrogens with one attached hydrogen (secondary N) is 1. The molecular weight excluding hydrogens is 182 g/mol. The lowest BCUT2D eigenvalue weighted by molar-refractivity contribution is -0.137. The molecule has 0 aromatic carbocycles. The third kappa shape index (κ3) is 2.76. The second-order valence-electron chi connectivity index (χ2n) is 3.45. The van der Waals surface area contributed by atoms with Crippen LogP contribution in [0.1, 0.15) is 19.0 Å². The average molecular weight is 197 g/mol. The van der Waals surface area contributed by atoms with E-state index in [1.54, 1.807) is 4.68 Å². The fraction of sp³-hybridized carbons (Fsp3) is 0.556. The fourth-order valence-corrected chi connectivity index (χ4v) is 1.32. The molecule has 2 N–H and O–H groups in total. The number of carbonyl (C=O) groups is 1. The summed E-state index contributed by atoms with van der Waals surface area (Å²) in [5.74, 6) is -0.799. The highest BCUT2D eigenvalue weighted by atomic mass is 16.4. The minimum Gasteiger partial charge on any atom is -0.481 e. The molecule has 0 spiro atoms. The maximum Gasteiger partial charge on any atom is 0.305 e. The number of hydrogen-bond acceptors (Lipinski definition) is 3. The van der Waals surface area contributed by atoms with Gasteiger partial charge < -0.3 is 10.4 Å². The molecule has 14 heavy (non-hydrogen) atoms. The molecule has 1 aromatic heterocycles. The van der Waals surface area contributed by atoms with Gasteiger partial charge in [-0.1, -0.05) is 0 Å². The summed E-state index contributed by atoms with van der Waals surface area (Å²) in [5.41, 5.74) is 1.77. The van der Waals surface area contributed by atoms with E-state index in [9.17, 15) is 4.79 Å². The summed E-state index contributed by atoms with van der Waals surface area (Å²) in [7, 11) is 1.83. The van der Waals surface area contributed by atoms with Gasteiger partial charge in [-0.15, -0.1) is 0 Å². The molecule has 1 heterocycles. The van der Waals surface area contributed by atoms with Crippen molar-refractivity contribution in [3.8, 4) is 0 Å². The second kappa shape index (κ2) is 4.13. The zero-order chi connectivity index (χ0) is 10.7. The molecule has 1 rings (SSSR count). The number of aryl methyl sites for hydroxylation is 2. The SMILES string of the molecule is Cc1nn(C)cc1NC(C)CC(=O)O. The monoisotopic (exact) mass is 197 g/mol. The van der Waals surface area contributed by atoms with Gasteiger partial charge in [0.05, 0.1) is 17.8 Å². The number of aromatic nitrogens is 2. The molecule has 0 aliphatic heterocycles. The normalized spacial score (nSPS) is 12.5. The first-order chi connectivity index (χ1) is 6.49. The molecule has 5 nitrogen and oxygen atoms in total. The Bertz CT molecular complexity index is 333. The number of nitrogens with zero attached hydrogens (tertiary/aromatic N) is 2. The number of hydrogen-bond donors (Lipinski definition) is 2. The molecule has 0 bridgehead atoms. The van der Waals surface area contributed by atoms with Gasteiger partial charge in [-0.25, -0.2) is 0 Å². The molecule has 1 unspecified atom stereocenters. The molecule has 1 aromatic rings. The molecule has 0 saturated heterocycles. The van der Waals surface area contributed by atoms with Gasteiger partial charge in [-0.3, -0.25) is 9.48 Å². The minimum atomic E-state index is -0.799. The van der Waals surface area contributed by atoms with E-state index < -0.39 is 5.97 Å². The second-order valence-corrected chi connectivity index (χ2v) is 3.45. The van der Waals surface area contributed by atoms with E-state index in [4.69, 9.17) is 5.11 Å². The van der Waals surface area contributed by atoms with Crippen molar-refractivity contribution in [2.45, 2.75) is 26.3 Å². The van der Waals surface area contributed by atoms with E-state index in [0.29, 0.717) is 0 Å².